The zero-order valence-electron chi connectivity index (χ0n) is 15.5. The molecule has 1 aliphatic rings. The Balaban J connectivity index is 2.01. The zero-order valence-corrected chi connectivity index (χ0v) is 16.3. The molecule has 0 aromatic carbocycles. The number of hydrogen-bond acceptors (Lipinski definition) is 4. The first-order chi connectivity index (χ1) is 12.4. The van der Waals surface area contributed by atoms with Crippen molar-refractivity contribution in [1.29, 1.82) is 0 Å². The number of thiocarbonyl (C=S) groups is 1. The van der Waals surface area contributed by atoms with E-state index in [1.54, 1.807) is 6.20 Å². The summed E-state index contributed by atoms with van der Waals surface area (Å²) in [6.45, 7) is 4.70. The maximum Gasteiger partial charge on any atom is 0.307 e. The van der Waals surface area contributed by atoms with Gasteiger partial charge in [-0.1, -0.05) is 6.07 Å². The second-order valence-electron chi connectivity index (χ2n) is 6.53. The maximum absolute atomic E-state index is 11.7. The molecule has 0 unspecified atom stereocenters. The molecule has 0 radical (unpaired) electrons. The maximum atomic E-state index is 11.7. The Labute approximate surface area is 159 Å². The molecule has 2 atom stereocenters. The topological polar surface area (TPSA) is 59.4 Å². The number of hydrogen-bond donors (Lipinski definition) is 1. The molecule has 0 saturated carbocycles. The van der Waals surface area contributed by atoms with E-state index in [1.165, 1.54) is 24.1 Å². The van der Waals surface area contributed by atoms with Crippen LogP contribution in [0, 0.1) is 13.8 Å². The van der Waals surface area contributed by atoms with Crippen LogP contribution in [0.3, 0.4) is 0 Å². The van der Waals surface area contributed by atoms with Gasteiger partial charge in [-0.2, -0.15) is 0 Å². The van der Waals surface area contributed by atoms with E-state index >= 15 is 0 Å². The van der Waals surface area contributed by atoms with Gasteiger partial charge in [0.1, 0.15) is 0 Å². The molecule has 1 fully saturated rings. The number of esters is 1. The van der Waals surface area contributed by atoms with E-state index in [1.807, 2.05) is 18.2 Å². The van der Waals surface area contributed by atoms with E-state index < -0.39 is 0 Å². The fraction of sp³-hybridized carbons (Fsp3) is 0.421. The second kappa shape index (κ2) is 7.45. The first-order valence-electron chi connectivity index (χ1n) is 8.61. The SMILES string of the molecule is COC(=O)CCN1C(=S)N[C@@H](c2ccccn2)[C@H]1c1cc(C)n(C)c1C. The number of nitrogens with zero attached hydrogens (tertiary/aromatic N) is 3. The minimum absolute atomic E-state index is 0.0260. The van der Waals surface area contributed by atoms with Crippen molar-refractivity contribution in [3.8, 4) is 0 Å². The van der Waals surface area contributed by atoms with Crippen LogP contribution in [-0.4, -0.2) is 39.2 Å². The van der Waals surface area contributed by atoms with E-state index in [0.717, 1.165) is 5.69 Å². The Morgan fingerprint density at radius 2 is 2.15 bits per heavy atom. The van der Waals surface area contributed by atoms with E-state index in [-0.39, 0.29) is 24.5 Å². The van der Waals surface area contributed by atoms with Crippen LogP contribution in [0.5, 0.6) is 0 Å². The second-order valence-corrected chi connectivity index (χ2v) is 6.92. The average molecular weight is 372 g/mol. The van der Waals surface area contributed by atoms with Crippen LogP contribution in [0.15, 0.2) is 30.5 Å². The molecule has 3 rings (SSSR count). The number of rotatable bonds is 5. The largest absolute Gasteiger partial charge is 0.469 e. The van der Waals surface area contributed by atoms with Gasteiger partial charge in [0, 0.05) is 31.2 Å². The normalized spacial score (nSPS) is 19.5. The van der Waals surface area contributed by atoms with Gasteiger partial charge in [0.2, 0.25) is 0 Å². The van der Waals surface area contributed by atoms with Gasteiger partial charge in [-0.25, -0.2) is 0 Å². The average Bonchev–Trinajstić information content (AvgIpc) is 3.11. The lowest BCUT2D eigenvalue weighted by Gasteiger charge is -2.27. The highest BCUT2D eigenvalue weighted by Gasteiger charge is 2.41. The van der Waals surface area contributed by atoms with Gasteiger partial charge >= 0.3 is 5.97 Å². The molecule has 3 heterocycles. The monoisotopic (exact) mass is 372 g/mol. The molecule has 2 aromatic rings. The van der Waals surface area contributed by atoms with Gasteiger partial charge in [-0.15, -0.1) is 0 Å². The fourth-order valence-electron chi connectivity index (χ4n) is 3.48. The lowest BCUT2D eigenvalue weighted by molar-refractivity contribution is -0.140. The summed E-state index contributed by atoms with van der Waals surface area (Å²) in [6.07, 6.45) is 2.08. The van der Waals surface area contributed by atoms with Gasteiger partial charge in [0.25, 0.3) is 0 Å². The third-order valence-corrected chi connectivity index (χ3v) is 5.47. The van der Waals surface area contributed by atoms with Gasteiger partial charge in [-0.05, 0) is 49.8 Å². The lowest BCUT2D eigenvalue weighted by Crippen LogP contribution is -2.32. The third-order valence-electron chi connectivity index (χ3n) is 5.12. The highest BCUT2D eigenvalue weighted by atomic mass is 32.1. The highest BCUT2D eigenvalue weighted by molar-refractivity contribution is 7.80. The first kappa shape index (κ1) is 18.4. The first-order valence-corrected chi connectivity index (χ1v) is 9.02. The summed E-state index contributed by atoms with van der Waals surface area (Å²) < 4.78 is 6.97. The Morgan fingerprint density at radius 1 is 1.38 bits per heavy atom. The van der Waals surface area contributed by atoms with Crippen molar-refractivity contribution in [2.45, 2.75) is 32.4 Å². The molecule has 0 aliphatic carbocycles. The van der Waals surface area contributed by atoms with Crippen LogP contribution in [0.2, 0.25) is 0 Å². The number of nitrogens with one attached hydrogen (secondary N) is 1. The number of pyridine rings is 1. The minimum atomic E-state index is -0.242. The molecule has 6 nitrogen and oxygen atoms in total. The summed E-state index contributed by atoms with van der Waals surface area (Å²) in [7, 11) is 3.46. The van der Waals surface area contributed by atoms with Crippen molar-refractivity contribution in [3.05, 3.63) is 53.1 Å². The highest BCUT2D eigenvalue weighted by Crippen LogP contribution is 2.40. The number of methoxy groups -OCH3 is 1. The third kappa shape index (κ3) is 3.31. The Kier molecular flexibility index (Phi) is 5.27. The smallest absolute Gasteiger partial charge is 0.307 e. The molecule has 2 aromatic heterocycles. The molecule has 138 valence electrons. The molecule has 1 N–H and O–H groups in total. The van der Waals surface area contributed by atoms with E-state index in [4.69, 9.17) is 17.0 Å². The summed E-state index contributed by atoms with van der Waals surface area (Å²) in [5, 5.41) is 4.03. The molecule has 26 heavy (non-hydrogen) atoms. The van der Waals surface area contributed by atoms with Crippen molar-refractivity contribution in [1.82, 2.24) is 19.8 Å². The van der Waals surface area contributed by atoms with Gasteiger partial charge < -0.3 is 19.5 Å². The van der Waals surface area contributed by atoms with Crippen LogP contribution in [0.1, 0.15) is 41.1 Å². The predicted octanol–water partition coefficient (Wildman–Crippen LogP) is 2.57. The molecule has 0 amide bonds. The summed E-state index contributed by atoms with van der Waals surface area (Å²) in [5.41, 5.74) is 4.49. The minimum Gasteiger partial charge on any atom is -0.469 e. The standard InChI is InChI=1S/C19H24N4O2S/c1-12-11-14(13(2)22(12)3)18-17(15-7-5-6-9-20-15)21-19(26)23(18)10-8-16(24)25-4/h5-7,9,11,17-18H,8,10H2,1-4H3,(H,21,26)/t17-,18+/m0/s1. The predicted molar refractivity (Wildman–Crippen MR) is 104 cm³/mol. The molecule has 0 spiro atoms. The zero-order chi connectivity index (χ0) is 18.8. The van der Waals surface area contributed by atoms with E-state index in [0.29, 0.717) is 11.7 Å². The number of aryl methyl sites for hydroxylation is 1. The summed E-state index contributed by atoms with van der Waals surface area (Å²) >= 11 is 5.59. The van der Waals surface area contributed by atoms with Gasteiger partial charge in [-0.3, -0.25) is 9.78 Å². The molecule has 1 saturated heterocycles. The van der Waals surface area contributed by atoms with Gasteiger partial charge in [0.15, 0.2) is 5.11 Å². The van der Waals surface area contributed by atoms with Crippen molar-refractivity contribution in [3.63, 3.8) is 0 Å². The Morgan fingerprint density at radius 3 is 2.73 bits per heavy atom. The molecule has 7 heteroatoms. The van der Waals surface area contributed by atoms with Crippen LogP contribution < -0.4 is 5.32 Å². The van der Waals surface area contributed by atoms with Crippen LogP contribution in [-0.2, 0) is 16.6 Å². The summed E-state index contributed by atoms with van der Waals surface area (Å²) in [5.74, 6) is -0.242. The summed E-state index contributed by atoms with van der Waals surface area (Å²) in [4.78, 5) is 18.3. The van der Waals surface area contributed by atoms with Crippen LogP contribution in [0.25, 0.3) is 0 Å². The van der Waals surface area contributed by atoms with Crippen molar-refractivity contribution < 1.29 is 9.53 Å². The fourth-order valence-corrected chi connectivity index (χ4v) is 3.81. The molecule has 0 bridgehead atoms. The van der Waals surface area contributed by atoms with Crippen molar-refractivity contribution >= 4 is 23.3 Å². The Hall–Kier alpha value is -2.41. The van der Waals surface area contributed by atoms with Crippen LogP contribution >= 0.6 is 12.2 Å². The number of carbonyl (C=O) groups excluding carboxylic acids is 1. The van der Waals surface area contributed by atoms with E-state index in [2.05, 4.69) is 46.7 Å². The molecular weight excluding hydrogens is 348 g/mol. The van der Waals surface area contributed by atoms with Crippen LogP contribution in [0.4, 0.5) is 0 Å². The van der Waals surface area contributed by atoms with Crippen molar-refractivity contribution in [2.75, 3.05) is 13.7 Å². The number of ether oxygens (including phenoxy) is 1. The van der Waals surface area contributed by atoms with Crippen molar-refractivity contribution in [2.24, 2.45) is 7.05 Å². The summed E-state index contributed by atoms with van der Waals surface area (Å²) in [6, 6.07) is 7.98. The molecule has 1 aliphatic heterocycles. The Bertz CT molecular complexity index is 818. The lowest BCUT2D eigenvalue weighted by atomic mass is 9.96. The quantitative estimate of drug-likeness (QED) is 0.643. The van der Waals surface area contributed by atoms with Gasteiger partial charge in [0.05, 0.1) is 31.3 Å². The molecular formula is C19H24N4O2S. The number of aromatic nitrogens is 2. The number of carbonyl (C=O) groups is 1. The van der Waals surface area contributed by atoms with E-state index in [9.17, 15) is 4.79 Å².